The van der Waals surface area contributed by atoms with Crippen LogP contribution in [0.1, 0.15) is 32.8 Å². The second-order valence-corrected chi connectivity index (χ2v) is 5.96. The fraction of sp³-hybridized carbons (Fsp3) is 0.400. The third-order valence-electron chi connectivity index (χ3n) is 3.52. The van der Waals surface area contributed by atoms with Gasteiger partial charge in [0.05, 0.1) is 0 Å². The van der Waals surface area contributed by atoms with Gasteiger partial charge in [-0.1, -0.05) is 30.3 Å². The number of amides is 2. The lowest BCUT2D eigenvalue weighted by Crippen LogP contribution is -2.29. The van der Waals surface area contributed by atoms with Gasteiger partial charge in [0.15, 0.2) is 0 Å². The van der Waals surface area contributed by atoms with Crippen LogP contribution < -0.4 is 21.3 Å². The lowest BCUT2D eigenvalue weighted by molar-refractivity contribution is -0.116. The predicted molar refractivity (Wildman–Crippen MR) is 105 cm³/mol. The molecule has 0 radical (unpaired) electrons. The van der Waals surface area contributed by atoms with Crippen molar-refractivity contribution in [2.24, 2.45) is 0 Å². The number of rotatable bonds is 11. The highest BCUT2D eigenvalue weighted by molar-refractivity contribution is 5.88. The Morgan fingerprint density at radius 1 is 0.846 bits per heavy atom. The molecular formula is C20H30N4O2. The highest BCUT2D eigenvalue weighted by atomic mass is 16.2. The molecule has 142 valence electrons. The molecule has 0 bridgehead atoms. The zero-order valence-electron chi connectivity index (χ0n) is 15.9. The number of hydrogen-bond donors (Lipinski definition) is 4. The van der Waals surface area contributed by atoms with Crippen LogP contribution in [0.4, 0.5) is 0 Å². The molecule has 2 amide bonds. The Hall–Kier alpha value is -2.76. The lowest BCUT2D eigenvalue weighted by atomic mass is 10.2. The molecule has 4 N–H and O–H groups in total. The molecule has 0 aliphatic carbocycles. The molecule has 6 nitrogen and oxygen atoms in total. The summed E-state index contributed by atoms with van der Waals surface area (Å²) in [6.45, 7) is 8.19. The third kappa shape index (κ3) is 10.2. The maximum absolute atomic E-state index is 11.8. The van der Waals surface area contributed by atoms with Crippen LogP contribution in [-0.4, -0.2) is 31.4 Å². The molecular weight excluding hydrogens is 328 g/mol. The fourth-order valence-electron chi connectivity index (χ4n) is 2.23. The third-order valence-corrected chi connectivity index (χ3v) is 3.52. The highest BCUT2D eigenvalue weighted by Gasteiger charge is 2.00. The molecule has 0 aliphatic rings. The van der Waals surface area contributed by atoms with Gasteiger partial charge in [-0.2, -0.15) is 0 Å². The highest BCUT2D eigenvalue weighted by Crippen LogP contribution is 1.99. The van der Waals surface area contributed by atoms with Crippen LogP contribution in [-0.2, 0) is 16.1 Å². The minimum Gasteiger partial charge on any atom is -0.389 e. The second-order valence-electron chi connectivity index (χ2n) is 5.96. The average Bonchev–Trinajstić information content (AvgIpc) is 2.60. The summed E-state index contributed by atoms with van der Waals surface area (Å²) in [6.07, 6.45) is 3.76. The first-order chi connectivity index (χ1) is 12.5. The number of nitrogens with one attached hydrogen (secondary N) is 4. The standard InChI is InChI=1S/C20H30N4O2/c1-4-21-16(2)13-19(25)22-11-8-12-23-20(26)14-17(3)24-15-18-9-6-5-7-10-18/h5-7,9-10,13-14,21,24H,4,8,11-12,15H2,1-3H3,(H,22,25)(H,23,26)/b16-13-,17-14-. The summed E-state index contributed by atoms with van der Waals surface area (Å²) < 4.78 is 0. The summed E-state index contributed by atoms with van der Waals surface area (Å²) in [4.78, 5) is 23.5. The van der Waals surface area contributed by atoms with Gasteiger partial charge in [-0.05, 0) is 32.8 Å². The average molecular weight is 358 g/mol. The minimum atomic E-state index is -0.141. The zero-order chi connectivity index (χ0) is 19.2. The van der Waals surface area contributed by atoms with Crippen LogP contribution in [0.25, 0.3) is 0 Å². The Labute approximate surface area is 156 Å². The van der Waals surface area contributed by atoms with Gasteiger partial charge in [0.2, 0.25) is 11.8 Å². The second kappa shape index (κ2) is 12.6. The van der Waals surface area contributed by atoms with Gasteiger partial charge < -0.3 is 21.3 Å². The molecule has 0 fully saturated rings. The smallest absolute Gasteiger partial charge is 0.245 e. The van der Waals surface area contributed by atoms with E-state index in [1.165, 1.54) is 6.08 Å². The molecule has 6 heteroatoms. The van der Waals surface area contributed by atoms with Crippen LogP contribution in [0.3, 0.4) is 0 Å². The van der Waals surface area contributed by atoms with Crippen LogP contribution in [0.2, 0.25) is 0 Å². The molecule has 1 aromatic carbocycles. The van der Waals surface area contributed by atoms with Gasteiger partial charge in [0, 0.05) is 49.7 Å². The van der Waals surface area contributed by atoms with Crippen molar-refractivity contribution in [2.75, 3.05) is 19.6 Å². The van der Waals surface area contributed by atoms with Crippen LogP contribution in [0.5, 0.6) is 0 Å². The predicted octanol–water partition coefficient (Wildman–Crippen LogP) is 1.82. The van der Waals surface area contributed by atoms with E-state index in [2.05, 4.69) is 21.3 Å². The van der Waals surface area contributed by atoms with E-state index in [9.17, 15) is 9.59 Å². The van der Waals surface area contributed by atoms with E-state index < -0.39 is 0 Å². The Kier molecular flexibility index (Phi) is 10.3. The van der Waals surface area contributed by atoms with E-state index in [1.54, 1.807) is 6.08 Å². The summed E-state index contributed by atoms with van der Waals surface area (Å²) >= 11 is 0. The summed E-state index contributed by atoms with van der Waals surface area (Å²) in [5.41, 5.74) is 2.81. The summed E-state index contributed by atoms with van der Waals surface area (Å²) in [5.74, 6) is -0.270. The first kappa shape index (κ1) is 21.3. The van der Waals surface area contributed by atoms with Crippen molar-refractivity contribution in [3.05, 3.63) is 59.4 Å². The fourth-order valence-corrected chi connectivity index (χ4v) is 2.23. The molecule has 0 heterocycles. The molecule has 0 unspecified atom stereocenters. The van der Waals surface area contributed by atoms with Crippen molar-refractivity contribution in [2.45, 2.75) is 33.7 Å². The van der Waals surface area contributed by atoms with Gasteiger partial charge in [-0.3, -0.25) is 9.59 Å². The molecule has 1 rings (SSSR count). The lowest BCUT2D eigenvalue weighted by Gasteiger charge is -2.08. The molecule has 0 aromatic heterocycles. The molecule has 0 saturated carbocycles. The molecule has 0 aliphatic heterocycles. The van der Waals surface area contributed by atoms with E-state index in [1.807, 2.05) is 51.1 Å². The number of carbonyl (C=O) groups excluding carboxylic acids is 2. The Morgan fingerprint density at radius 3 is 1.92 bits per heavy atom. The van der Waals surface area contributed by atoms with E-state index in [4.69, 9.17) is 0 Å². The number of carbonyl (C=O) groups is 2. The van der Waals surface area contributed by atoms with E-state index in [0.29, 0.717) is 26.1 Å². The number of hydrogen-bond acceptors (Lipinski definition) is 4. The van der Waals surface area contributed by atoms with Crippen molar-refractivity contribution in [1.29, 1.82) is 0 Å². The van der Waals surface area contributed by atoms with Crippen LogP contribution in [0, 0.1) is 0 Å². The van der Waals surface area contributed by atoms with E-state index >= 15 is 0 Å². The van der Waals surface area contributed by atoms with Gasteiger partial charge in [-0.15, -0.1) is 0 Å². The van der Waals surface area contributed by atoms with E-state index in [0.717, 1.165) is 23.5 Å². The molecule has 1 aromatic rings. The van der Waals surface area contributed by atoms with Crippen molar-refractivity contribution < 1.29 is 9.59 Å². The molecule has 26 heavy (non-hydrogen) atoms. The monoisotopic (exact) mass is 358 g/mol. The maximum atomic E-state index is 11.8. The molecule has 0 saturated heterocycles. The Balaban J connectivity index is 2.17. The van der Waals surface area contributed by atoms with Gasteiger partial charge in [0.1, 0.15) is 0 Å². The quantitative estimate of drug-likeness (QED) is 0.359. The van der Waals surface area contributed by atoms with Crippen molar-refractivity contribution in [3.63, 3.8) is 0 Å². The van der Waals surface area contributed by atoms with Gasteiger partial charge in [-0.25, -0.2) is 0 Å². The van der Waals surface area contributed by atoms with Gasteiger partial charge in [0.25, 0.3) is 0 Å². The topological polar surface area (TPSA) is 82.3 Å². The Bertz CT molecular complexity index is 624. The molecule has 0 spiro atoms. The Morgan fingerprint density at radius 2 is 1.38 bits per heavy atom. The van der Waals surface area contributed by atoms with Crippen molar-refractivity contribution in [1.82, 2.24) is 21.3 Å². The minimum absolute atomic E-state index is 0.129. The van der Waals surface area contributed by atoms with E-state index in [-0.39, 0.29) is 11.8 Å². The van der Waals surface area contributed by atoms with Crippen LogP contribution >= 0.6 is 0 Å². The van der Waals surface area contributed by atoms with Crippen molar-refractivity contribution in [3.8, 4) is 0 Å². The van der Waals surface area contributed by atoms with Gasteiger partial charge >= 0.3 is 0 Å². The maximum Gasteiger partial charge on any atom is 0.245 e. The SMILES string of the molecule is CCN/C(C)=C\C(=O)NCCCNC(=O)/C=C(/C)NCc1ccccc1. The first-order valence-electron chi connectivity index (χ1n) is 8.95. The van der Waals surface area contributed by atoms with Crippen LogP contribution in [0.15, 0.2) is 53.9 Å². The summed E-state index contributed by atoms with van der Waals surface area (Å²) in [5, 5.41) is 11.9. The number of allylic oxidation sites excluding steroid dienone is 2. The largest absolute Gasteiger partial charge is 0.389 e. The summed E-state index contributed by atoms with van der Waals surface area (Å²) in [6, 6.07) is 10.0. The number of benzene rings is 1. The first-order valence-corrected chi connectivity index (χ1v) is 8.95. The zero-order valence-corrected chi connectivity index (χ0v) is 15.9. The normalized spacial score (nSPS) is 11.7. The summed E-state index contributed by atoms with van der Waals surface area (Å²) in [7, 11) is 0. The molecule has 0 atom stereocenters. The van der Waals surface area contributed by atoms with Crippen molar-refractivity contribution >= 4 is 11.8 Å².